The van der Waals surface area contributed by atoms with E-state index >= 15 is 0 Å². The second-order valence-electron chi connectivity index (χ2n) is 3.43. The molecular weight excluding hydrogens is 224 g/mol. The lowest BCUT2D eigenvalue weighted by Crippen LogP contribution is -1.93. The fourth-order valence-electron chi connectivity index (χ4n) is 1.34. The lowest BCUT2D eigenvalue weighted by atomic mass is 10.1. The molecular formula is C11H10N2O2S. The Hall–Kier alpha value is -1.88. The van der Waals surface area contributed by atoms with Gasteiger partial charge in [-0.1, -0.05) is 0 Å². The number of carbonyl (C=O) groups is 1. The van der Waals surface area contributed by atoms with Crippen LogP contribution in [0.1, 0.15) is 15.2 Å². The number of aryl methyl sites for hydroxylation is 1. The van der Waals surface area contributed by atoms with Gasteiger partial charge in [0.15, 0.2) is 0 Å². The van der Waals surface area contributed by atoms with Gasteiger partial charge in [0.1, 0.15) is 10.7 Å². The summed E-state index contributed by atoms with van der Waals surface area (Å²) in [6.45, 7) is 1.87. The van der Waals surface area contributed by atoms with E-state index in [4.69, 9.17) is 10.8 Å². The standard InChI is InChI=1S/C11H10N2O2S/c1-6-2-7(4-13-10(6)12)8-3-9(11(14)15)16-5-8/h2-5H,1H3,(H2,12,13)(H,14,15). The maximum absolute atomic E-state index is 10.7. The Morgan fingerprint density at radius 3 is 2.75 bits per heavy atom. The molecule has 0 aromatic carbocycles. The number of carboxylic acid groups (broad SMARTS) is 1. The summed E-state index contributed by atoms with van der Waals surface area (Å²) >= 11 is 1.20. The molecule has 82 valence electrons. The van der Waals surface area contributed by atoms with Crippen LogP contribution in [0, 0.1) is 6.92 Å². The zero-order valence-electron chi connectivity index (χ0n) is 8.60. The highest BCUT2D eigenvalue weighted by molar-refractivity contribution is 7.12. The van der Waals surface area contributed by atoms with Gasteiger partial charge >= 0.3 is 5.97 Å². The first-order valence-electron chi connectivity index (χ1n) is 4.62. The number of nitrogens with two attached hydrogens (primary N) is 1. The molecule has 16 heavy (non-hydrogen) atoms. The summed E-state index contributed by atoms with van der Waals surface area (Å²) in [5, 5.41) is 10.6. The van der Waals surface area contributed by atoms with Crippen LogP contribution >= 0.6 is 11.3 Å². The number of rotatable bonds is 2. The van der Waals surface area contributed by atoms with Crippen molar-refractivity contribution in [3.63, 3.8) is 0 Å². The smallest absolute Gasteiger partial charge is 0.345 e. The van der Waals surface area contributed by atoms with E-state index in [2.05, 4.69) is 4.98 Å². The van der Waals surface area contributed by atoms with Crippen molar-refractivity contribution in [2.24, 2.45) is 0 Å². The third-order valence-electron chi connectivity index (χ3n) is 2.26. The van der Waals surface area contributed by atoms with Gasteiger partial charge in [0.2, 0.25) is 0 Å². The highest BCUT2D eigenvalue weighted by Crippen LogP contribution is 2.26. The number of carboxylic acids is 1. The molecule has 0 aliphatic rings. The summed E-state index contributed by atoms with van der Waals surface area (Å²) < 4.78 is 0. The molecule has 4 nitrogen and oxygen atoms in total. The van der Waals surface area contributed by atoms with Crippen molar-refractivity contribution in [3.05, 3.63) is 34.2 Å². The van der Waals surface area contributed by atoms with Crippen LogP contribution in [0.5, 0.6) is 0 Å². The van der Waals surface area contributed by atoms with Crippen molar-refractivity contribution in [1.29, 1.82) is 0 Å². The zero-order chi connectivity index (χ0) is 11.7. The summed E-state index contributed by atoms with van der Waals surface area (Å²) in [6.07, 6.45) is 1.65. The molecule has 0 spiro atoms. The molecule has 2 aromatic rings. The topological polar surface area (TPSA) is 76.2 Å². The number of nitrogen functional groups attached to an aromatic ring is 1. The summed E-state index contributed by atoms with van der Waals surface area (Å²) in [6, 6.07) is 3.54. The molecule has 0 fully saturated rings. The lowest BCUT2D eigenvalue weighted by Gasteiger charge is -2.01. The molecule has 2 rings (SSSR count). The van der Waals surface area contributed by atoms with E-state index in [1.54, 1.807) is 17.6 Å². The summed E-state index contributed by atoms with van der Waals surface area (Å²) in [4.78, 5) is 15.1. The SMILES string of the molecule is Cc1cc(-c2csc(C(=O)O)c2)cnc1N. The zero-order valence-corrected chi connectivity index (χ0v) is 9.41. The Kier molecular flexibility index (Phi) is 2.62. The largest absolute Gasteiger partial charge is 0.477 e. The van der Waals surface area contributed by atoms with E-state index in [0.717, 1.165) is 16.7 Å². The van der Waals surface area contributed by atoms with Gasteiger partial charge in [-0.2, -0.15) is 0 Å². The number of aromatic carboxylic acids is 1. The van der Waals surface area contributed by atoms with Crippen LogP contribution in [0.4, 0.5) is 5.82 Å². The number of nitrogens with zero attached hydrogens (tertiary/aromatic N) is 1. The third kappa shape index (κ3) is 1.90. The molecule has 2 aromatic heterocycles. The number of aromatic nitrogens is 1. The van der Waals surface area contributed by atoms with Gasteiger partial charge in [-0.3, -0.25) is 0 Å². The number of hydrogen-bond donors (Lipinski definition) is 2. The molecule has 0 saturated carbocycles. The van der Waals surface area contributed by atoms with E-state index in [1.165, 1.54) is 11.3 Å². The predicted molar refractivity (Wildman–Crippen MR) is 63.7 cm³/mol. The van der Waals surface area contributed by atoms with Crippen LogP contribution in [0.2, 0.25) is 0 Å². The Morgan fingerprint density at radius 2 is 2.19 bits per heavy atom. The molecule has 0 amide bonds. The molecule has 0 unspecified atom stereocenters. The molecule has 0 atom stereocenters. The minimum Gasteiger partial charge on any atom is -0.477 e. The van der Waals surface area contributed by atoms with Crippen molar-refractivity contribution < 1.29 is 9.90 Å². The number of hydrogen-bond acceptors (Lipinski definition) is 4. The van der Waals surface area contributed by atoms with Crippen molar-refractivity contribution in [1.82, 2.24) is 4.98 Å². The summed E-state index contributed by atoms with van der Waals surface area (Å²) in [5.74, 6) is -0.409. The Balaban J connectivity index is 2.42. The van der Waals surface area contributed by atoms with Crippen molar-refractivity contribution in [3.8, 4) is 11.1 Å². The van der Waals surface area contributed by atoms with Crippen LogP contribution in [0.25, 0.3) is 11.1 Å². The maximum Gasteiger partial charge on any atom is 0.345 e. The Bertz CT molecular complexity index is 549. The molecule has 0 saturated heterocycles. The quantitative estimate of drug-likeness (QED) is 0.836. The van der Waals surface area contributed by atoms with Crippen LogP contribution in [-0.4, -0.2) is 16.1 Å². The highest BCUT2D eigenvalue weighted by atomic mass is 32.1. The van der Waals surface area contributed by atoms with Crippen molar-refractivity contribution in [2.75, 3.05) is 5.73 Å². The Morgan fingerprint density at radius 1 is 1.44 bits per heavy atom. The maximum atomic E-state index is 10.7. The van der Waals surface area contributed by atoms with Gasteiger partial charge < -0.3 is 10.8 Å². The number of thiophene rings is 1. The van der Waals surface area contributed by atoms with Crippen LogP contribution in [-0.2, 0) is 0 Å². The second-order valence-corrected chi connectivity index (χ2v) is 4.34. The minimum atomic E-state index is -0.906. The van der Waals surface area contributed by atoms with E-state index in [-0.39, 0.29) is 0 Å². The van der Waals surface area contributed by atoms with Gasteiger partial charge in [-0.05, 0) is 35.6 Å². The average Bonchev–Trinajstić information content (AvgIpc) is 2.71. The minimum absolute atomic E-state index is 0.324. The van der Waals surface area contributed by atoms with Crippen molar-refractivity contribution in [2.45, 2.75) is 6.92 Å². The Labute approximate surface area is 96.4 Å². The van der Waals surface area contributed by atoms with Gasteiger partial charge in [-0.25, -0.2) is 9.78 Å². The molecule has 2 heterocycles. The van der Waals surface area contributed by atoms with Crippen LogP contribution in [0.15, 0.2) is 23.7 Å². The van der Waals surface area contributed by atoms with E-state index in [0.29, 0.717) is 10.7 Å². The third-order valence-corrected chi connectivity index (χ3v) is 3.18. The average molecular weight is 234 g/mol. The molecule has 3 N–H and O–H groups in total. The first kappa shape index (κ1) is 10.6. The first-order chi connectivity index (χ1) is 7.58. The molecule has 0 radical (unpaired) electrons. The predicted octanol–water partition coefficient (Wildman–Crippen LogP) is 2.40. The molecule has 5 heteroatoms. The fraction of sp³-hybridized carbons (Fsp3) is 0.0909. The monoisotopic (exact) mass is 234 g/mol. The number of pyridine rings is 1. The molecule has 0 aliphatic heterocycles. The van der Waals surface area contributed by atoms with Gasteiger partial charge in [-0.15, -0.1) is 11.3 Å². The number of anilines is 1. The summed E-state index contributed by atoms with van der Waals surface area (Å²) in [7, 11) is 0. The van der Waals surface area contributed by atoms with E-state index in [1.807, 2.05) is 13.0 Å². The first-order valence-corrected chi connectivity index (χ1v) is 5.50. The summed E-state index contributed by atoms with van der Waals surface area (Å²) in [5.41, 5.74) is 8.25. The second kappa shape index (κ2) is 3.94. The van der Waals surface area contributed by atoms with E-state index in [9.17, 15) is 4.79 Å². The molecule has 0 aliphatic carbocycles. The van der Waals surface area contributed by atoms with Crippen LogP contribution < -0.4 is 5.73 Å². The van der Waals surface area contributed by atoms with E-state index < -0.39 is 5.97 Å². The van der Waals surface area contributed by atoms with Crippen LogP contribution in [0.3, 0.4) is 0 Å². The molecule has 0 bridgehead atoms. The fourth-order valence-corrected chi connectivity index (χ4v) is 2.10. The highest BCUT2D eigenvalue weighted by Gasteiger charge is 2.09. The lowest BCUT2D eigenvalue weighted by molar-refractivity contribution is 0.0702. The normalized spacial score (nSPS) is 10.3. The van der Waals surface area contributed by atoms with Crippen molar-refractivity contribution >= 4 is 23.1 Å². The van der Waals surface area contributed by atoms with Gasteiger partial charge in [0.05, 0.1) is 0 Å². The van der Waals surface area contributed by atoms with Gasteiger partial charge in [0.25, 0.3) is 0 Å². The van der Waals surface area contributed by atoms with Gasteiger partial charge in [0, 0.05) is 11.8 Å².